The van der Waals surface area contributed by atoms with Crippen molar-refractivity contribution in [1.29, 1.82) is 0 Å². The molecule has 0 aliphatic heterocycles. The Morgan fingerprint density at radius 2 is 1.39 bits per heavy atom. The number of hydrogen-bond acceptors (Lipinski definition) is 4. The third-order valence-electron chi connectivity index (χ3n) is 3.53. The lowest BCUT2D eigenvalue weighted by Crippen LogP contribution is -2.32. The molecule has 4 nitrogen and oxygen atoms in total. The summed E-state index contributed by atoms with van der Waals surface area (Å²) in [5, 5.41) is 35.4. The third kappa shape index (κ3) is 6.59. The molecule has 0 amide bonds. The van der Waals surface area contributed by atoms with E-state index in [1.807, 2.05) is 31.2 Å². The van der Waals surface area contributed by atoms with E-state index < -0.39 is 14.2 Å². The first-order valence-corrected chi connectivity index (χ1v) is 7.88. The van der Waals surface area contributed by atoms with Crippen molar-refractivity contribution in [3.8, 4) is 0 Å². The van der Waals surface area contributed by atoms with E-state index in [0.717, 1.165) is 24.8 Å². The summed E-state index contributed by atoms with van der Waals surface area (Å²) in [6.45, 7) is 4.11. The van der Waals surface area contributed by atoms with Crippen LogP contribution in [-0.4, -0.2) is 34.3 Å². The molecule has 23 heavy (non-hydrogen) atoms. The molecule has 2 rings (SSSR count). The fourth-order valence-electron chi connectivity index (χ4n) is 2.25. The van der Waals surface area contributed by atoms with Gasteiger partial charge in [-0.2, -0.15) is 0 Å². The van der Waals surface area contributed by atoms with Gasteiger partial charge in [-0.05, 0) is 34.9 Å². The van der Waals surface area contributed by atoms with Gasteiger partial charge in [0, 0.05) is 0 Å². The third-order valence-corrected chi connectivity index (χ3v) is 3.53. The van der Waals surface area contributed by atoms with Crippen LogP contribution in [0.5, 0.6) is 0 Å². The van der Waals surface area contributed by atoms with E-state index in [1.54, 1.807) is 24.3 Å². The molecule has 0 atom stereocenters. The van der Waals surface area contributed by atoms with Gasteiger partial charge in [-0.3, -0.25) is 0 Å². The molecule has 0 fully saturated rings. The van der Waals surface area contributed by atoms with Crippen LogP contribution < -0.4 is 10.9 Å². The van der Waals surface area contributed by atoms with E-state index in [-0.39, 0.29) is 0 Å². The van der Waals surface area contributed by atoms with Crippen LogP contribution in [0, 0.1) is 0 Å². The molecule has 0 aromatic heterocycles. The van der Waals surface area contributed by atoms with Crippen LogP contribution in [0.25, 0.3) is 0 Å². The molecule has 6 heteroatoms. The highest BCUT2D eigenvalue weighted by Gasteiger charge is 2.13. The minimum absolute atomic E-state index is 0.551. The number of rotatable bonds is 5. The number of benzene rings is 2. The lowest BCUT2D eigenvalue weighted by atomic mass is 9.76. The maximum atomic E-state index is 8.89. The summed E-state index contributed by atoms with van der Waals surface area (Å²) in [5.41, 5.74) is 3.38. The summed E-state index contributed by atoms with van der Waals surface area (Å²) in [7, 11) is -2.69. The zero-order chi connectivity index (χ0) is 17.2. The highest BCUT2D eigenvalue weighted by Crippen LogP contribution is 2.00. The van der Waals surface area contributed by atoms with Crippen molar-refractivity contribution < 1.29 is 20.1 Å². The zero-order valence-corrected chi connectivity index (χ0v) is 13.7. The second-order valence-corrected chi connectivity index (χ2v) is 5.29. The van der Waals surface area contributed by atoms with E-state index in [9.17, 15) is 0 Å². The SMILES string of the molecule is CCCc1ccc(B(O)O)cc1.CCc1ccccc1B(O)O. The van der Waals surface area contributed by atoms with Gasteiger partial charge in [0.2, 0.25) is 0 Å². The fourth-order valence-corrected chi connectivity index (χ4v) is 2.25. The maximum Gasteiger partial charge on any atom is 0.488 e. The normalized spacial score (nSPS) is 9.83. The molecular formula is C17H24B2O4. The van der Waals surface area contributed by atoms with Gasteiger partial charge < -0.3 is 20.1 Å². The standard InChI is InChI=1S/C9H13BO2.C8H11BO2/c1-2-3-8-4-6-9(7-5-8)10(11)12;1-2-7-5-3-4-6-8(7)9(10)11/h4-7,11-12H,2-3H2,1H3;3-6,10-11H,2H2,1H3. The second-order valence-electron chi connectivity index (χ2n) is 5.29. The summed E-state index contributed by atoms with van der Waals surface area (Å²) in [6, 6.07) is 14.7. The first kappa shape index (κ1) is 19.5. The van der Waals surface area contributed by atoms with Crippen molar-refractivity contribution in [3.05, 3.63) is 59.7 Å². The molecule has 4 N–H and O–H groups in total. The summed E-state index contributed by atoms with van der Waals surface area (Å²) in [6.07, 6.45) is 2.98. The van der Waals surface area contributed by atoms with Gasteiger partial charge in [-0.25, -0.2) is 0 Å². The van der Waals surface area contributed by atoms with Gasteiger partial charge in [-0.15, -0.1) is 0 Å². The van der Waals surface area contributed by atoms with Crippen LogP contribution in [0.4, 0.5) is 0 Å². The van der Waals surface area contributed by atoms with Crippen LogP contribution in [-0.2, 0) is 12.8 Å². The summed E-state index contributed by atoms with van der Waals surface area (Å²) in [5.74, 6) is 0. The second kappa shape index (κ2) is 10.2. The van der Waals surface area contributed by atoms with Gasteiger partial charge in [0.1, 0.15) is 0 Å². The van der Waals surface area contributed by atoms with Crippen molar-refractivity contribution in [2.24, 2.45) is 0 Å². The molecule has 0 unspecified atom stereocenters. The zero-order valence-electron chi connectivity index (χ0n) is 13.7. The average Bonchev–Trinajstić information content (AvgIpc) is 2.56. The van der Waals surface area contributed by atoms with Gasteiger partial charge in [0.25, 0.3) is 0 Å². The molecule has 0 spiro atoms. The van der Waals surface area contributed by atoms with Gasteiger partial charge in [-0.1, -0.05) is 68.8 Å². The lowest BCUT2D eigenvalue weighted by Gasteiger charge is -2.04. The Bertz CT molecular complexity index is 571. The fraction of sp³-hybridized carbons (Fsp3) is 0.294. The Balaban J connectivity index is 0.000000231. The molecular weight excluding hydrogens is 290 g/mol. The molecule has 0 saturated carbocycles. The van der Waals surface area contributed by atoms with Gasteiger partial charge in [0.05, 0.1) is 0 Å². The molecule has 0 saturated heterocycles. The molecule has 0 aliphatic rings. The smallest absolute Gasteiger partial charge is 0.423 e. The molecule has 0 bridgehead atoms. The molecule has 0 aliphatic carbocycles. The Hall–Kier alpha value is -1.59. The van der Waals surface area contributed by atoms with Crippen molar-refractivity contribution >= 4 is 25.2 Å². The molecule has 2 aromatic carbocycles. The highest BCUT2D eigenvalue weighted by molar-refractivity contribution is 6.59. The minimum atomic E-state index is -1.35. The van der Waals surface area contributed by atoms with Crippen LogP contribution >= 0.6 is 0 Å². The van der Waals surface area contributed by atoms with Gasteiger partial charge >= 0.3 is 14.2 Å². The van der Waals surface area contributed by atoms with Crippen LogP contribution in [0.2, 0.25) is 0 Å². The van der Waals surface area contributed by atoms with E-state index in [4.69, 9.17) is 20.1 Å². The predicted octanol–water partition coefficient (Wildman–Crippen LogP) is 0.248. The topological polar surface area (TPSA) is 80.9 Å². The Labute approximate surface area is 138 Å². The van der Waals surface area contributed by atoms with E-state index in [0.29, 0.717) is 10.9 Å². The highest BCUT2D eigenvalue weighted by atomic mass is 16.4. The first-order chi connectivity index (χ1) is 11.0. The van der Waals surface area contributed by atoms with Crippen LogP contribution in [0.1, 0.15) is 31.4 Å². The molecule has 0 radical (unpaired) electrons. The predicted molar refractivity (Wildman–Crippen MR) is 95.9 cm³/mol. The van der Waals surface area contributed by atoms with Crippen molar-refractivity contribution in [2.45, 2.75) is 33.1 Å². The Kier molecular flexibility index (Phi) is 8.66. The lowest BCUT2D eigenvalue weighted by molar-refractivity contribution is 0.424. The molecule has 122 valence electrons. The number of hydrogen-bond donors (Lipinski definition) is 4. The molecule has 2 aromatic rings. The Morgan fingerprint density at radius 1 is 0.783 bits per heavy atom. The van der Waals surface area contributed by atoms with E-state index in [2.05, 4.69) is 6.92 Å². The number of aryl methyl sites for hydroxylation is 2. The van der Waals surface area contributed by atoms with Crippen LogP contribution in [0.3, 0.4) is 0 Å². The average molecular weight is 314 g/mol. The maximum absolute atomic E-state index is 8.89. The first-order valence-electron chi connectivity index (χ1n) is 7.88. The van der Waals surface area contributed by atoms with Crippen molar-refractivity contribution in [1.82, 2.24) is 0 Å². The summed E-state index contributed by atoms with van der Waals surface area (Å²) < 4.78 is 0. The van der Waals surface area contributed by atoms with Gasteiger partial charge in [0.15, 0.2) is 0 Å². The van der Waals surface area contributed by atoms with Crippen LogP contribution in [0.15, 0.2) is 48.5 Å². The largest absolute Gasteiger partial charge is 0.488 e. The molecule has 0 heterocycles. The van der Waals surface area contributed by atoms with E-state index in [1.165, 1.54) is 5.56 Å². The van der Waals surface area contributed by atoms with Crippen molar-refractivity contribution in [2.75, 3.05) is 0 Å². The summed E-state index contributed by atoms with van der Waals surface area (Å²) in [4.78, 5) is 0. The van der Waals surface area contributed by atoms with Crippen molar-refractivity contribution in [3.63, 3.8) is 0 Å². The van der Waals surface area contributed by atoms with E-state index >= 15 is 0 Å². The quantitative estimate of drug-likeness (QED) is 0.597. The summed E-state index contributed by atoms with van der Waals surface area (Å²) >= 11 is 0. The Morgan fingerprint density at radius 3 is 1.83 bits per heavy atom. The minimum Gasteiger partial charge on any atom is -0.423 e. The monoisotopic (exact) mass is 314 g/mol.